The number of piperidine rings is 1. The van der Waals surface area contributed by atoms with Crippen LogP contribution in [0.1, 0.15) is 38.5 Å². The maximum atomic E-state index is 12.2. The summed E-state index contributed by atoms with van der Waals surface area (Å²) < 4.78 is 22.3. The molecule has 2 amide bonds. The monoisotopic (exact) mass is 342 g/mol. The third-order valence-corrected chi connectivity index (χ3v) is 6.39. The van der Waals surface area contributed by atoms with Gasteiger partial charge in [0.2, 0.25) is 11.8 Å². The van der Waals surface area contributed by atoms with Crippen molar-refractivity contribution in [3.8, 4) is 0 Å². The molecule has 1 aliphatic carbocycles. The first-order valence-corrected chi connectivity index (χ1v) is 10.6. The highest BCUT2D eigenvalue weighted by atomic mass is 32.2. The summed E-state index contributed by atoms with van der Waals surface area (Å²) in [5.41, 5.74) is 0.0413. The van der Waals surface area contributed by atoms with Crippen LogP contribution in [0, 0.1) is 11.3 Å². The Hall–Kier alpha value is -1.11. The van der Waals surface area contributed by atoms with Crippen LogP contribution >= 0.6 is 0 Å². The summed E-state index contributed by atoms with van der Waals surface area (Å²) in [4.78, 5) is 28.1. The Labute approximate surface area is 138 Å². The van der Waals surface area contributed by atoms with E-state index in [1.165, 1.54) is 12.8 Å². The largest absolute Gasteiger partial charge is 0.343 e. The van der Waals surface area contributed by atoms with Gasteiger partial charge in [-0.15, -0.1) is 0 Å². The minimum atomic E-state index is -3.10. The van der Waals surface area contributed by atoms with E-state index in [4.69, 9.17) is 0 Å². The zero-order chi connectivity index (χ0) is 16.7. The van der Waals surface area contributed by atoms with Crippen molar-refractivity contribution in [1.82, 2.24) is 9.80 Å². The van der Waals surface area contributed by atoms with Gasteiger partial charge < -0.3 is 9.80 Å². The summed E-state index contributed by atoms with van der Waals surface area (Å²) >= 11 is 0. The number of hydrogen-bond acceptors (Lipinski definition) is 4. The molecular formula is C16H26N2O4S. The van der Waals surface area contributed by atoms with Crippen LogP contribution in [0.3, 0.4) is 0 Å². The Morgan fingerprint density at radius 2 is 1.91 bits per heavy atom. The van der Waals surface area contributed by atoms with Gasteiger partial charge in [-0.05, 0) is 31.6 Å². The van der Waals surface area contributed by atoms with E-state index in [9.17, 15) is 18.0 Å². The van der Waals surface area contributed by atoms with Crippen molar-refractivity contribution in [2.75, 3.05) is 38.2 Å². The van der Waals surface area contributed by atoms with Crippen LogP contribution in [0.4, 0.5) is 0 Å². The van der Waals surface area contributed by atoms with E-state index in [0.717, 1.165) is 32.2 Å². The molecule has 2 aliphatic heterocycles. The molecule has 0 N–H and O–H groups in total. The summed E-state index contributed by atoms with van der Waals surface area (Å²) in [7, 11) is -3.10. The van der Waals surface area contributed by atoms with Crippen molar-refractivity contribution < 1.29 is 18.0 Å². The summed E-state index contributed by atoms with van der Waals surface area (Å²) in [5.74, 6) is 0.825. The highest BCUT2D eigenvalue weighted by molar-refractivity contribution is 7.90. The molecule has 0 aromatic carbocycles. The molecule has 0 aromatic rings. The molecule has 3 rings (SSSR count). The predicted molar refractivity (Wildman–Crippen MR) is 86.5 cm³/mol. The van der Waals surface area contributed by atoms with Crippen LogP contribution in [0.25, 0.3) is 0 Å². The van der Waals surface area contributed by atoms with E-state index in [1.807, 2.05) is 4.90 Å². The van der Waals surface area contributed by atoms with Gasteiger partial charge in [0.1, 0.15) is 9.84 Å². The quantitative estimate of drug-likeness (QED) is 0.736. The minimum absolute atomic E-state index is 0.0413. The fraction of sp³-hybridized carbons (Fsp3) is 0.875. The maximum Gasteiger partial charge on any atom is 0.223 e. The lowest BCUT2D eigenvalue weighted by Gasteiger charge is -2.38. The summed E-state index contributed by atoms with van der Waals surface area (Å²) in [6, 6.07) is 0. The molecule has 3 aliphatic rings. The van der Waals surface area contributed by atoms with Crippen LogP contribution in [-0.2, 0) is 19.4 Å². The van der Waals surface area contributed by atoms with Gasteiger partial charge in [-0.25, -0.2) is 8.42 Å². The number of sulfone groups is 1. The number of nitrogens with zero attached hydrogens (tertiary/aromatic N) is 2. The second-order valence-electron chi connectivity index (χ2n) is 7.66. The Kier molecular flexibility index (Phi) is 4.42. The second kappa shape index (κ2) is 6.07. The molecule has 2 heterocycles. The third kappa shape index (κ3) is 4.25. The molecule has 6 nitrogen and oxygen atoms in total. The van der Waals surface area contributed by atoms with E-state index in [0.29, 0.717) is 25.4 Å². The fourth-order valence-corrected chi connectivity index (χ4v) is 4.30. The smallest absolute Gasteiger partial charge is 0.223 e. The van der Waals surface area contributed by atoms with Crippen LogP contribution in [-0.4, -0.2) is 68.2 Å². The van der Waals surface area contributed by atoms with Gasteiger partial charge in [-0.3, -0.25) is 9.59 Å². The van der Waals surface area contributed by atoms with Gasteiger partial charge in [0.25, 0.3) is 0 Å². The zero-order valence-corrected chi connectivity index (χ0v) is 14.6. The predicted octanol–water partition coefficient (Wildman–Crippen LogP) is 0.672. The molecule has 0 unspecified atom stereocenters. The highest BCUT2D eigenvalue weighted by Gasteiger charge is 2.46. The first kappa shape index (κ1) is 16.7. The molecule has 2 saturated heterocycles. The SMILES string of the molecule is CS(=O)(=O)CCC(=O)N1CCC2(CC1)CC(=O)N(CC1CC1)C2. The summed E-state index contributed by atoms with van der Waals surface area (Å²) in [6.07, 6.45) is 6.04. The first-order valence-electron chi connectivity index (χ1n) is 8.50. The van der Waals surface area contributed by atoms with E-state index >= 15 is 0 Å². The van der Waals surface area contributed by atoms with E-state index in [-0.39, 0.29) is 29.4 Å². The Morgan fingerprint density at radius 1 is 1.26 bits per heavy atom. The average molecular weight is 342 g/mol. The molecule has 0 radical (unpaired) electrons. The molecule has 3 fully saturated rings. The molecule has 1 saturated carbocycles. The minimum Gasteiger partial charge on any atom is -0.343 e. The van der Waals surface area contributed by atoms with Gasteiger partial charge >= 0.3 is 0 Å². The van der Waals surface area contributed by atoms with Gasteiger partial charge in [0.05, 0.1) is 5.75 Å². The number of amides is 2. The number of likely N-dealkylation sites (tertiary alicyclic amines) is 2. The molecular weight excluding hydrogens is 316 g/mol. The van der Waals surface area contributed by atoms with Crippen LogP contribution in [0.15, 0.2) is 0 Å². The van der Waals surface area contributed by atoms with E-state index in [1.54, 1.807) is 4.90 Å². The Balaban J connectivity index is 1.50. The Morgan fingerprint density at radius 3 is 2.48 bits per heavy atom. The molecule has 0 aromatic heterocycles. The number of carbonyl (C=O) groups excluding carboxylic acids is 2. The lowest BCUT2D eigenvalue weighted by atomic mass is 9.77. The maximum absolute atomic E-state index is 12.2. The van der Waals surface area contributed by atoms with Gasteiger partial charge in [0.15, 0.2) is 0 Å². The number of rotatable bonds is 5. The molecule has 0 atom stereocenters. The van der Waals surface area contributed by atoms with E-state index < -0.39 is 9.84 Å². The van der Waals surface area contributed by atoms with Crippen molar-refractivity contribution in [3.63, 3.8) is 0 Å². The van der Waals surface area contributed by atoms with Crippen molar-refractivity contribution in [3.05, 3.63) is 0 Å². The van der Waals surface area contributed by atoms with Gasteiger partial charge in [0, 0.05) is 50.7 Å². The van der Waals surface area contributed by atoms with Gasteiger partial charge in [-0.2, -0.15) is 0 Å². The topological polar surface area (TPSA) is 74.8 Å². The molecule has 0 bridgehead atoms. The number of carbonyl (C=O) groups is 2. The standard InChI is InChI=1S/C16H26N2O4S/c1-23(21,22)9-4-14(19)17-7-5-16(6-8-17)10-15(20)18(12-16)11-13-2-3-13/h13H,2-12H2,1H3. The Bertz CT molecular complexity index is 589. The molecule has 130 valence electrons. The van der Waals surface area contributed by atoms with E-state index in [2.05, 4.69) is 0 Å². The molecule has 1 spiro atoms. The zero-order valence-electron chi connectivity index (χ0n) is 13.8. The first-order chi connectivity index (χ1) is 10.8. The lowest BCUT2D eigenvalue weighted by molar-refractivity contribution is -0.133. The normalized spacial score (nSPS) is 24.5. The van der Waals surface area contributed by atoms with Crippen molar-refractivity contribution in [1.29, 1.82) is 0 Å². The van der Waals surface area contributed by atoms with Crippen molar-refractivity contribution >= 4 is 21.7 Å². The van der Waals surface area contributed by atoms with Gasteiger partial charge in [-0.1, -0.05) is 0 Å². The van der Waals surface area contributed by atoms with Crippen LogP contribution in [0.2, 0.25) is 0 Å². The molecule has 7 heteroatoms. The van der Waals surface area contributed by atoms with Crippen molar-refractivity contribution in [2.24, 2.45) is 11.3 Å². The second-order valence-corrected chi connectivity index (χ2v) is 9.91. The van der Waals surface area contributed by atoms with Crippen molar-refractivity contribution in [2.45, 2.75) is 38.5 Å². The summed E-state index contributed by atoms with van der Waals surface area (Å²) in [5, 5.41) is 0. The molecule has 23 heavy (non-hydrogen) atoms. The third-order valence-electron chi connectivity index (χ3n) is 5.44. The highest BCUT2D eigenvalue weighted by Crippen LogP contribution is 2.42. The average Bonchev–Trinajstić information content (AvgIpc) is 3.23. The van der Waals surface area contributed by atoms with Crippen LogP contribution < -0.4 is 0 Å². The summed E-state index contributed by atoms with van der Waals surface area (Å²) in [6.45, 7) is 3.05. The fourth-order valence-electron chi connectivity index (χ4n) is 3.76. The lowest BCUT2D eigenvalue weighted by Crippen LogP contribution is -2.44. The number of hydrogen-bond donors (Lipinski definition) is 0. The van der Waals surface area contributed by atoms with Crippen LogP contribution in [0.5, 0.6) is 0 Å².